The lowest BCUT2D eigenvalue weighted by Crippen LogP contribution is -2.56. The van der Waals surface area contributed by atoms with Crippen molar-refractivity contribution < 1.29 is 37.3 Å². The molecule has 0 saturated carbocycles. The summed E-state index contributed by atoms with van der Waals surface area (Å²) in [5, 5.41) is 13.0. The summed E-state index contributed by atoms with van der Waals surface area (Å²) in [5.41, 5.74) is 0.922. The van der Waals surface area contributed by atoms with E-state index in [9.17, 15) is 23.1 Å². The maximum atomic E-state index is 12.8. The minimum atomic E-state index is -4.27. The lowest BCUT2D eigenvalue weighted by molar-refractivity contribution is -0.169. The van der Waals surface area contributed by atoms with E-state index in [1.54, 1.807) is 4.90 Å². The van der Waals surface area contributed by atoms with Gasteiger partial charge in [0.15, 0.2) is 0 Å². The third-order valence-electron chi connectivity index (χ3n) is 6.57. The van der Waals surface area contributed by atoms with Crippen molar-refractivity contribution in [2.75, 3.05) is 26.3 Å². The smallest absolute Gasteiger partial charge is 0.390 e. The van der Waals surface area contributed by atoms with E-state index in [-0.39, 0.29) is 50.8 Å². The van der Waals surface area contributed by atoms with Gasteiger partial charge in [-0.2, -0.15) is 13.2 Å². The number of para-hydroxylation sites is 1. The lowest BCUT2D eigenvalue weighted by atomic mass is 9.94. The summed E-state index contributed by atoms with van der Waals surface area (Å²) in [7, 11) is 0. The number of nitrogens with zero attached hydrogens (tertiary/aromatic N) is 1. The summed E-state index contributed by atoms with van der Waals surface area (Å²) in [4.78, 5) is 14.2. The molecule has 7 nitrogen and oxygen atoms in total. The van der Waals surface area contributed by atoms with E-state index < -0.39 is 24.8 Å². The number of hydrogen-bond acceptors (Lipinski definition) is 6. The fourth-order valence-corrected chi connectivity index (χ4v) is 4.75. The van der Waals surface area contributed by atoms with Gasteiger partial charge in [0.25, 0.3) is 0 Å². The third-order valence-corrected chi connectivity index (χ3v) is 6.57. The van der Waals surface area contributed by atoms with Crippen LogP contribution in [0.5, 0.6) is 11.5 Å². The normalized spacial score (nSPS) is 25.0. The van der Waals surface area contributed by atoms with Crippen LogP contribution in [-0.2, 0) is 20.8 Å². The number of alkyl halides is 3. The molecule has 2 aromatic carbocycles. The number of ether oxygens (including phenoxy) is 3. The number of β-amino-alcohol motifs (C(OH)–C–C–N with tert-alkyl or cyclic N) is 1. The Hall–Kier alpha value is -2.66. The number of aliphatic hydroxyl groups excluding tert-OH is 1. The van der Waals surface area contributed by atoms with E-state index in [1.165, 1.54) is 0 Å². The SMILES string of the molecule is O=C(C[C@H]1CC[C@H]2[C@@H](COC[C@@H](O)CN2CCC(F)(F)F)O1)NCc1ccc(Oc2ccccc2)cc1. The van der Waals surface area contributed by atoms with Gasteiger partial charge in [-0.25, -0.2) is 0 Å². The van der Waals surface area contributed by atoms with Crippen LogP contribution in [0.2, 0.25) is 0 Å². The van der Waals surface area contributed by atoms with Crippen LogP contribution in [0.25, 0.3) is 0 Å². The Morgan fingerprint density at radius 3 is 2.51 bits per heavy atom. The second kappa shape index (κ2) is 12.7. The fraction of sp³-hybridized carbons (Fsp3) is 0.519. The van der Waals surface area contributed by atoms with E-state index >= 15 is 0 Å². The summed E-state index contributed by atoms with van der Waals surface area (Å²) in [6.45, 7) is 0.455. The maximum Gasteiger partial charge on any atom is 0.390 e. The highest BCUT2D eigenvalue weighted by molar-refractivity contribution is 5.76. The highest BCUT2D eigenvalue weighted by Gasteiger charge is 2.39. The second-order valence-corrected chi connectivity index (χ2v) is 9.53. The number of carbonyl (C=O) groups is 1. The Morgan fingerprint density at radius 1 is 1.05 bits per heavy atom. The average molecular weight is 523 g/mol. The van der Waals surface area contributed by atoms with Crippen molar-refractivity contribution in [3.63, 3.8) is 0 Å². The minimum absolute atomic E-state index is 0.0371. The lowest BCUT2D eigenvalue weighted by Gasteiger charge is -2.44. The Labute approximate surface area is 214 Å². The molecule has 2 aromatic rings. The van der Waals surface area contributed by atoms with Crippen LogP contribution in [-0.4, -0.2) is 72.7 Å². The van der Waals surface area contributed by atoms with Crippen molar-refractivity contribution in [3.05, 3.63) is 60.2 Å². The molecular weight excluding hydrogens is 489 g/mol. The van der Waals surface area contributed by atoms with Gasteiger partial charge in [0.1, 0.15) is 11.5 Å². The first-order chi connectivity index (χ1) is 17.7. The van der Waals surface area contributed by atoms with Crippen LogP contribution in [0.3, 0.4) is 0 Å². The van der Waals surface area contributed by atoms with Crippen LogP contribution in [0.4, 0.5) is 13.2 Å². The van der Waals surface area contributed by atoms with Gasteiger partial charge in [0, 0.05) is 25.7 Å². The molecule has 0 spiro atoms. The van der Waals surface area contributed by atoms with E-state index in [4.69, 9.17) is 14.2 Å². The van der Waals surface area contributed by atoms with Gasteiger partial charge >= 0.3 is 6.18 Å². The maximum absolute atomic E-state index is 12.8. The van der Waals surface area contributed by atoms with E-state index in [0.717, 1.165) is 11.3 Å². The highest BCUT2D eigenvalue weighted by Crippen LogP contribution is 2.29. The number of fused-ring (bicyclic) bond motifs is 1. The second-order valence-electron chi connectivity index (χ2n) is 9.53. The number of rotatable bonds is 8. The largest absolute Gasteiger partial charge is 0.457 e. The Kier molecular flexibility index (Phi) is 9.42. The van der Waals surface area contributed by atoms with E-state index in [0.29, 0.717) is 25.1 Å². The van der Waals surface area contributed by atoms with Gasteiger partial charge in [0.2, 0.25) is 5.91 Å². The Balaban J connectivity index is 1.25. The van der Waals surface area contributed by atoms with Crippen molar-refractivity contribution in [1.29, 1.82) is 0 Å². The van der Waals surface area contributed by atoms with Gasteiger partial charge in [-0.05, 0) is 42.7 Å². The quantitative estimate of drug-likeness (QED) is 0.545. The van der Waals surface area contributed by atoms with Crippen LogP contribution < -0.4 is 10.1 Å². The van der Waals surface area contributed by atoms with Crippen molar-refractivity contribution in [3.8, 4) is 11.5 Å². The predicted molar refractivity (Wildman–Crippen MR) is 130 cm³/mol. The zero-order chi connectivity index (χ0) is 26.3. The standard InChI is InChI=1S/C27H33F3N2O5/c28-27(29,30)12-13-32-16-20(33)17-35-18-25-24(32)11-10-23(37-25)14-26(34)31-15-19-6-8-22(9-7-19)36-21-4-2-1-3-5-21/h1-9,20,23-25,33H,10-18H2,(H,31,34)/t20-,23+,24-,25+/m0/s1. The van der Waals surface area contributed by atoms with E-state index in [1.807, 2.05) is 54.6 Å². The number of halogens is 3. The van der Waals surface area contributed by atoms with Gasteiger partial charge in [-0.1, -0.05) is 30.3 Å². The van der Waals surface area contributed by atoms with Crippen molar-refractivity contribution in [2.45, 2.75) is 62.8 Å². The summed E-state index contributed by atoms with van der Waals surface area (Å²) in [6, 6.07) is 16.6. The summed E-state index contributed by atoms with van der Waals surface area (Å²) >= 11 is 0. The molecule has 4 rings (SSSR count). The molecule has 202 valence electrons. The Morgan fingerprint density at radius 2 is 1.78 bits per heavy atom. The van der Waals surface area contributed by atoms with Gasteiger partial charge in [-0.15, -0.1) is 0 Å². The molecule has 4 atom stereocenters. The van der Waals surface area contributed by atoms with Crippen LogP contribution in [0.15, 0.2) is 54.6 Å². The molecule has 0 radical (unpaired) electrons. The van der Waals surface area contributed by atoms with Crippen molar-refractivity contribution >= 4 is 5.91 Å². The zero-order valence-corrected chi connectivity index (χ0v) is 20.5. The molecule has 2 saturated heterocycles. The minimum Gasteiger partial charge on any atom is -0.457 e. The first-order valence-corrected chi connectivity index (χ1v) is 12.6. The number of amides is 1. The van der Waals surface area contributed by atoms with Crippen LogP contribution in [0.1, 0.15) is 31.2 Å². The molecule has 10 heteroatoms. The topological polar surface area (TPSA) is 80.3 Å². The molecule has 0 unspecified atom stereocenters. The summed E-state index contributed by atoms with van der Waals surface area (Å²) < 4.78 is 55.9. The molecule has 2 aliphatic rings. The zero-order valence-electron chi connectivity index (χ0n) is 20.5. The number of hydrogen-bond donors (Lipinski definition) is 2. The van der Waals surface area contributed by atoms with Crippen molar-refractivity contribution in [1.82, 2.24) is 10.2 Å². The molecular formula is C27H33F3N2O5. The number of nitrogens with one attached hydrogen (secondary N) is 1. The van der Waals surface area contributed by atoms with E-state index in [2.05, 4.69) is 5.32 Å². The fourth-order valence-electron chi connectivity index (χ4n) is 4.75. The van der Waals surface area contributed by atoms with Crippen molar-refractivity contribution in [2.24, 2.45) is 0 Å². The first kappa shape index (κ1) is 27.4. The highest BCUT2D eigenvalue weighted by atomic mass is 19.4. The van der Waals surface area contributed by atoms with Gasteiger partial charge in [0.05, 0.1) is 44.4 Å². The Bertz CT molecular complexity index is 990. The number of benzene rings is 2. The monoisotopic (exact) mass is 522 g/mol. The summed E-state index contributed by atoms with van der Waals surface area (Å²) in [6.07, 6.45) is -5.61. The molecule has 0 aliphatic carbocycles. The molecule has 2 heterocycles. The number of carbonyl (C=O) groups excluding carboxylic acids is 1. The van der Waals surface area contributed by atoms with Crippen LogP contribution >= 0.6 is 0 Å². The number of aliphatic hydroxyl groups is 1. The summed E-state index contributed by atoms with van der Waals surface area (Å²) in [5.74, 6) is 1.28. The molecule has 2 aliphatic heterocycles. The molecule has 37 heavy (non-hydrogen) atoms. The average Bonchev–Trinajstić information content (AvgIpc) is 2.85. The molecule has 2 N–H and O–H groups in total. The molecule has 2 fully saturated rings. The third kappa shape index (κ3) is 8.70. The van der Waals surface area contributed by atoms with Crippen LogP contribution in [0, 0.1) is 0 Å². The van der Waals surface area contributed by atoms with Gasteiger partial charge in [-0.3, -0.25) is 9.69 Å². The first-order valence-electron chi connectivity index (χ1n) is 12.6. The molecule has 1 amide bonds. The molecule has 0 bridgehead atoms. The predicted octanol–water partition coefficient (Wildman–Crippen LogP) is 4.05. The molecule has 0 aromatic heterocycles. The van der Waals surface area contributed by atoms with Gasteiger partial charge < -0.3 is 24.6 Å².